The third-order valence-electron chi connectivity index (χ3n) is 2.59. The first kappa shape index (κ1) is 17.7. The molecule has 1 aromatic heterocycles. The monoisotopic (exact) mass is 374 g/mol. The number of esters is 1. The summed E-state index contributed by atoms with van der Waals surface area (Å²) < 4.78 is 9.29. The van der Waals surface area contributed by atoms with E-state index in [1.165, 1.54) is 18.4 Å². The number of halogens is 2. The maximum absolute atomic E-state index is 11.7. The molecular weight excluding hydrogens is 363 g/mol. The zero-order chi connectivity index (χ0) is 16.8. The molecule has 1 amide bonds. The van der Waals surface area contributed by atoms with Crippen molar-refractivity contribution in [1.29, 1.82) is 0 Å². The van der Waals surface area contributed by atoms with E-state index in [1.54, 1.807) is 23.6 Å². The molecule has 122 valence electrons. The van der Waals surface area contributed by atoms with E-state index >= 15 is 0 Å². The molecule has 0 aliphatic heterocycles. The zero-order valence-electron chi connectivity index (χ0n) is 12.0. The van der Waals surface area contributed by atoms with E-state index in [9.17, 15) is 9.59 Å². The van der Waals surface area contributed by atoms with Gasteiger partial charge in [0.05, 0.1) is 15.7 Å². The van der Waals surface area contributed by atoms with Crippen LogP contribution in [0.4, 0.5) is 5.13 Å². The number of anilines is 1. The van der Waals surface area contributed by atoms with Crippen molar-refractivity contribution in [2.24, 2.45) is 0 Å². The molecule has 0 radical (unpaired) electrons. The highest BCUT2D eigenvalue weighted by Crippen LogP contribution is 2.30. The number of carbonyl (C=O) groups excluding carboxylic acids is 2. The highest BCUT2D eigenvalue weighted by atomic mass is 35.5. The Kier molecular flexibility index (Phi) is 6.35. The normalized spacial score (nSPS) is 10.4. The molecule has 23 heavy (non-hydrogen) atoms. The first-order valence-corrected chi connectivity index (χ1v) is 7.98. The third-order valence-corrected chi connectivity index (χ3v) is 4.09. The summed E-state index contributed by atoms with van der Waals surface area (Å²) in [6.45, 7) is -0.601. The van der Waals surface area contributed by atoms with Gasteiger partial charge in [-0.25, -0.2) is 9.78 Å². The molecule has 1 heterocycles. The Hall–Kier alpha value is -1.67. The van der Waals surface area contributed by atoms with Gasteiger partial charge in [0.1, 0.15) is 6.61 Å². The minimum atomic E-state index is -0.613. The zero-order valence-corrected chi connectivity index (χ0v) is 14.3. The van der Waals surface area contributed by atoms with E-state index in [-0.39, 0.29) is 6.61 Å². The lowest BCUT2D eigenvalue weighted by molar-refractivity contribution is -0.150. The van der Waals surface area contributed by atoms with E-state index in [4.69, 9.17) is 27.9 Å². The van der Waals surface area contributed by atoms with Gasteiger partial charge in [0.25, 0.3) is 5.91 Å². The summed E-state index contributed by atoms with van der Waals surface area (Å²) in [5, 5.41) is 5.58. The van der Waals surface area contributed by atoms with Crippen molar-refractivity contribution in [3.63, 3.8) is 0 Å². The summed E-state index contributed by atoms with van der Waals surface area (Å²) in [7, 11) is 1.36. The number of carbonyl (C=O) groups is 2. The number of hydrogen-bond donors (Lipinski definition) is 1. The Morgan fingerprint density at radius 2 is 2.04 bits per heavy atom. The number of nitrogens with zero attached hydrogens (tertiary/aromatic N) is 1. The molecule has 0 aliphatic carbocycles. The topological polar surface area (TPSA) is 77.5 Å². The van der Waals surface area contributed by atoms with Crippen LogP contribution in [0.2, 0.25) is 10.0 Å². The summed E-state index contributed by atoms with van der Waals surface area (Å²) in [6, 6.07) is 5.14. The lowest BCUT2D eigenvalue weighted by Gasteiger charge is -2.03. The molecule has 1 aromatic carbocycles. The number of thiazole rings is 1. The molecule has 9 heteroatoms. The molecule has 2 aromatic rings. The van der Waals surface area contributed by atoms with Crippen LogP contribution < -0.4 is 5.32 Å². The summed E-state index contributed by atoms with van der Waals surface area (Å²) in [5.41, 5.74) is 1.43. The first-order valence-electron chi connectivity index (χ1n) is 6.35. The minimum Gasteiger partial charge on any atom is -0.454 e. The highest BCUT2D eigenvalue weighted by Gasteiger charge is 2.11. The third kappa shape index (κ3) is 5.18. The fourth-order valence-corrected chi connectivity index (χ4v) is 2.61. The predicted octanol–water partition coefficient (Wildman–Crippen LogP) is 3.25. The smallest absolute Gasteiger partial charge is 0.332 e. The maximum Gasteiger partial charge on any atom is 0.332 e. The minimum absolute atomic E-state index is 0.202. The maximum atomic E-state index is 11.7. The molecule has 0 saturated heterocycles. The van der Waals surface area contributed by atoms with E-state index in [1.807, 2.05) is 0 Å². The Labute approximate surface area is 146 Å². The van der Waals surface area contributed by atoms with Gasteiger partial charge in [0.2, 0.25) is 0 Å². The number of aromatic nitrogens is 1. The fourth-order valence-electron chi connectivity index (χ4n) is 1.58. The second-order valence-corrected chi connectivity index (χ2v) is 5.98. The van der Waals surface area contributed by atoms with Crippen LogP contribution in [0.1, 0.15) is 0 Å². The van der Waals surface area contributed by atoms with Crippen LogP contribution in [0.15, 0.2) is 23.6 Å². The lowest BCUT2D eigenvalue weighted by Crippen LogP contribution is -2.22. The number of amides is 1. The largest absolute Gasteiger partial charge is 0.454 e. The Morgan fingerprint density at radius 1 is 1.26 bits per heavy atom. The van der Waals surface area contributed by atoms with Gasteiger partial charge in [-0.1, -0.05) is 29.3 Å². The molecule has 0 fully saturated rings. The van der Waals surface area contributed by atoms with Crippen LogP contribution >= 0.6 is 34.5 Å². The number of hydrogen-bond acceptors (Lipinski definition) is 6. The quantitative estimate of drug-likeness (QED) is 0.785. The molecule has 1 N–H and O–H groups in total. The van der Waals surface area contributed by atoms with Crippen LogP contribution in [-0.2, 0) is 19.1 Å². The van der Waals surface area contributed by atoms with Crippen molar-refractivity contribution in [2.75, 3.05) is 25.6 Å². The van der Waals surface area contributed by atoms with Crippen LogP contribution in [0.3, 0.4) is 0 Å². The van der Waals surface area contributed by atoms with Gasteiger partial charge in [-0.15, -0.1) is 11.3 Å². The molecule has 0 bridgehead atoms. The van der Waals surface area contributed by atoms with Crippen molar-refractivity contribution < 1.29 is 19.1 Å². The summed E-state index contributed by atoms with van der Waals surface area (Å²) >= 11 is 13.1. The number of rotatable bonds is 6. The fraction of sp³-hybridized carbons (Fsp3) is 0.214. The van der Waals surface area contributed by atoms with E-state index in [0.29, 0.717) is 20.9 Å². The summed E-state index contributed by atoms with van der Waals surface area (Å²) in [4.78, 5) is 27.0. The van der Waals surface area contributed by atoms with Gasteiger partial charge in [-0.3, -0.25) is 10.1 Å². The average Bonchev–Trinajstić information content (AvgIpc) is 2.97. The van der Waals surface area contributed by atoms with Crippen LogP contribution in [0, 0.1) is 0 Å². The van der Waals surface area contributed by atoms with Gasteiger partial charge in [-0.05, 0) is 12.1 Å². The molecule has 0 aliphatic rings. The number of ether oxygens (including phenoxy) is 2. The van der Waals surface area contributed by atoms with Gasteiger partial charge >= 0.3 is 5.97 Å². The molecule has 6 nitrogen and oxygen atoms in total. The van der Waals surface area contributed by atoms with Gasteiger partial charge in [-0.2, -0.15) is 0 Å². The van der Waals surface area contributed by atoms with Gasteiger partial charge in [0, 0.05) is 18.1 Å². The second-order valence-electron chi connectivity index (χ2n) is 4.31. The van der Waals surface area contributed by atoms with Crippen molar-refractivity contribution >= 4 is 51.5 Å². The number of nitrogens with one attached hydrogen (secondary N) is 1. The predicted molar refractivity (Wildman–Crippen MR) is 89.0 cm³/mol. The summed E-state index contributed by atoms with van der Waals surface area (Å²) in [5.74, 6) is -1.09. The van der Waals surface area contributed by atoms with Crippen molar-refractivity contribution in [3.05, 3.63) is 33.6 Å². The Balaban J connectivity index is 1.95. The van der Waals surface area contributed by atoms with Gasteiger partial charge in [0.15, 0.2) is 11.7 Å². The number of methoxy groups -OCH3 is 1. The molecule has 0 spiro atoms. The SMILES string of the molecule is COCC(=O)OCC(=O)Nc1nc(-c2ccc(Cl)c(Cl)c2)cs1. The van der Waals surface area contributed by atoms with Gasteiger partial charge < -0.3 is 9.47 Å². The first-order chi connectivity index (χ1) is 11.0. The highest BCUT2D eigenvalue weighted by molar-refractivity contribution is 7.14. The Bertz CT molecular complexity index is 721. The molecular formula is C14H12Cl2N2O4S. The molecule has 2 rings (SSSR count). The Morgan fingerprint density at radius 3 is 2.74 bits per heavy atom. The standard InChI is InChI=1S/C14H12Cl2N2O4S/c1-21-6-13(20)22-5-12(19)18-14-17-11(7-23-14)8-2-3-9(15)10(16)4-8/h2-4,7H,5-6H2,1H3,(H,17,18,19). The van der Waals surface area contributed by atoms with Crippen molar-refractivity contribution in [2.45, 2.75) is 0 Å². The second kappa shape index (κ2) is 8.26. The van der Waals surface area contributed by atoms with Crippen LogP contribution in [0.25, 0.3) is 11.3 Å². The van der Waals surface area contributed by atoms with Crippen molar-refractivity contribution in [3.8, 4) is 11.3 Å². The average molecular weight is 375 g/mol. The van der Waals surface area contributed by atoms with Crippen LogP contribution in [0.5, 0.6) is 0 Å². The van der Waals surface area contributed by atoms with E-state index in [2.05, 4.69) is 15.0 Å². The number of benzene rings is 1. The molecule has 0 unspecified atom stereocenters. The van der Waals surface area contributed by atoms with E-state index in [0.717, 1.165) is 5.56 Å². The lowest BCUT2D eigenvalue weighted by atomic mass is 10.2. The summed E-state index contributed by atoms with van der Waals surface area (Å²) in [6.07, 6.45) is 0. The van der Waals surface area contributed by atoms with Crippen LogP contribution in [-0.4, -0.2) is 37.2 Å². The van der Waals surface area contributed by atoms with E-state index < -0.39 is 18.5 Å². The molecule has 0 saturated carbocycles. The molecule has 0 atom stereocenters. The van der Waals surface area contributed by atoms with Crippen molar-refractivity contribution in [1.82, 2.24) is 4.98 Å².